The van der Waals surface area contributed by atoms with Crippen LogP contribution in [0.4, 0.5) is 0 Å². The maximum atomic E-state index is 12.4. The van der Waals surface area contributed by atoms with Crippen LogP contribution in [0.5, 0.6) is 0 Å². The van der Waals surface area contributed by atoms with Gasteiger partial charge in [-0.3, -0.25) is 4.79 Å². The smallest absolute Gasteiger partial charge is 0.286 e. The van der Waals surface area contributed by atoms with Crippen molar-refractivity contribution < 1.29 is 9.53 Å². The summed E-state index contributed by atoms with van der Waals surface area (Å²) in [5.41, 5.74) is 3.40. The van der Waals surface area contributed by atoms with Gasteiger partial charge in [0.25, 0.3) is 5.91 Å². The molecule has 3 aliphatic rings. The van der Waals surface area contributed by atoms with Gasteiger partial charge in [0.15, 0.2) is 5.17 Å². The van der Waals surface area contributed by atoms with E-state index in [2.05, 4.69) is 34.2 Å². The zero-order chi connectivity index (χ0) is 19.1. The minimum Gasteiger partial charge on any atom is -0.365 e. The van der Waals surface area contributed by atoms with Crippen molar-refractivity contribution in [3.8, 4) is 0 Å². The van der Waals surface area contributed by atoms with Gasteiger partial charge in [-0.2, -0.15) is 4.99 Å². The number of rotatable bonds is 1. The zero-order valence-electron chi connectivity index (χ0n) is 15.2. The largest absolute Gasteiger partial charge is 0.365 e. The second-order valence-corrected chi connectivity index (χ2v) is 8.73. The van der Waals surface area contributed by atoms with Crippen molar-refractivity contribution in [3.63, 3.8) is 0 Å². The summed E-state index contributed by atoms with van der Waals surface area (Å²) >= 11 is 7.39. The lowest BCUT2D eigenvalue weighted by atomic mass is 9.84. The number of carbonyl (C=O) groups excluding carboxylic acids is 1. The Morgan fingerprint density at radius 1 is 1.11 bits per heavy atom. The quantitative estimate of drug-likeness (QED) is 0.631. The number of ether oxygens (including phenoxy) is 1. The molecule has 5 rings (SSSR count). The molecular weight excluding hydrogens is 392 g/mol. The van der Waals surface area contributed by atoms with Gasteiger partial charge >= 0.3 is 0 Å². The third kappa shape index (κ3) is 3.17. The minimum absolute atomic E-state index is 0.169. The molecule has 0 bridgehead atoms. The molecule has 3 heterocycles. The fourth-order valence-corrected chi connectivity index (χ4v) is 5.19. The van der Waals surface area contributed by atoms with Crippen LogP contribution in [0, 0.1) is 0 Å². The van der Waals surface area contributed by atoms with E-state index in [0.717, 1.165) is 36.7 Å². The van der Waals surface area contributed by atoms with Crippen LogP contribution < -0.4 is 0 Å². The van der Waals surface area contributed by atoms with Gasteiger partial charge in [0.1, 0.15) is 0 Å². The number of halogens is 1. The summed E-state index contributed by atoms with van der Waals surface area (Å²) in [7, 11) is 0. The van der Waals surface area contributed by atoms with Crippen molar-refractivity contribution in [1.29, 1.82) is 0 Å². The van der Waals surface area contributed by atoms with Gasteiger partial charge in [-0.25, -0.2) is 0 Å². The molecule has 0 saturated carbocycles. The number of amidine groups is 1. The number of carbonyl (C=O) groups is 1. The summed E-state index contributed by atoms with van der Waals surface area (Å²) in [6.45, 7) is 2.36. The molecule has 28 heavy (non-hydrogen) atoms. The molecule has 1 amide bonds. The van der Waals surface area contributed by atoms with E-state index >= 15 is 0 Å². The molecule has 0 aromatic heterocycles. The van der Waals surface area contributed by atoms with Crippen molar-refractivity contribution in [2.75, 3.05) is 13.1 Å². The van der Waals surface area contributed by atoms with Crippen molar-refractivity contribution in [3.05, 3.63) is 75.1 Å². The van der Waals surface area contributed by atoms with Gasteiger partial charge in [-0.05, 0) is 59.5 Å². The van der Waals surface area contributed by atoms with Crippen LogP contribution in [0.15, 0.2) is 58.4 Å². The number of thioether (sulfide) groups is 1. The summed E-state index contributed by atoms with van der Waals surface area (Å²) in [4.78, 5) is 19.5. The van der Waals surface area contributed by atoms with Crippen LogP contribution in [0.2, 0.25) is 5.02 Å². The molecule has 3 aliphatic heterocycles. The average molecular weight is 411 g/mol. The lowest BCUT2D eigenvalue weighted by Crippen LogP contribution is -2.44. The molecule has 1 saturated heterocycles. The molecule has 142 valence electrons. The second-order valence-electron chi connectivity index (χ2n) is 7.29. The first kappa shape index (κ1) is 18.0. The number of likely N-dealkylation sites (tertiary alicyclic amines) is 1. The van der Waals surface area contributed by atoms with E-state index in [-0.39, 0.29) is 11.5 Å². The molecule has 0 unspecified atom stereocenters. The summed E-state index contributed by atoms with van der Waals surface area (Å²) in [6, 6.07) is 16.0. The number of hydrogen-bond acceptors (Lipinski definition) is 4. The van der Waals surface area contributed by atoms with Crippen LogP contribution in [0.3, 0.4) is 0 Å². The molecule has 0 radical (unpaired) electrons. The van der Waals surface area contributed by atoms with Gasteiger partial charge in [0, 0.05) is 18.1 Å². The summed E-state index contributed by atoms with van der Waals surface area (Å²) in [5.74, 6) is -0.169. The molecular formula is C22H19ClN2O2S. The highest BCUT2D eigenvalue weighted by molar-refractivity contribution is 8.18. The molecule has 0 N–H and O–H groups in total. The van der Waals surface area contributed by atoms with Crippen LogP contribution >= 0.6 is 23.4 Å². The number of benzene rings is 2. The van der Waals surface area contributed by atoms with Gasteiger partial charge in [0.05, 0.1) is 17.1 Å². The Labute approximate surface area is 173 Å². The fourth-order valence-electron chi connectivity index (χ4n) is 4.10. The number of amides is 1. The van der Waals surface area contributed by atoms with Crippen LogP contribution in [-0.2, 0) is 21.7 Å². The Hall–Kier alpha value is -2.08. The Morgan fingerprint density at radius 3 is 2.64 bits per heavy atom. The lowest BCUT2D eigenvalue weighted by molar-refractivity contribution is -0.113. The summed E-state index contributed by atoms with van der Waals surface area (Å²) in [6.07, 6.45) is 3.70. The van der Waals surface area contributed by atoms with E-state index < -0.39 is 0 Å². The molecule has 0 aliphatic carbocycles. The topological polar surface area (TPSA) is 41.9 Å². The third-order valence-corrected chi connectivity index (χ3v) is 6.93. The number of hydrogen-bond donors (Lipinski definition) is 0. The molecule has 4 nitrogen and oxygen atoms in total. The molecule has 6 heteroatoms. The zero-order valence-corrected chi connectivity index (χ0v) is 16.8. The van der Waals surface area contributed by atoms with Crippen molar-refractivity contribution in [2.24, 2.45) is 4.99 Å². The highest BCUT2D eigenvalue weighted by Gasteiger charge is 2.43. The highest BCUT2D eigenvalue weighted by Crippen LogP contribution is 2.45. The minimum atomic E-state index is -0.178. The monoisotopic (exact) mass is 410 g/mol. The van der Waals surface area contributed by atoms with Gasteiger partial charge in [0.2, 0.25) is 0 Å². The van der Waals surface area contributed by atoms with E-state index in [9.17, 15) is 4.79 Å². The van der Waals surface area contributed by atoms with Crippen LogP contribution in [-0.4, -0.2) is 29.1 Å². The molecule has 2 aromatic rings. The number of nitrogens with zero attached hydrogens (tertiary/aromatic N) is 2. The van der Waals surface area contributed by atoms with Crippen molar-refractivity contribution >= 4 is 40.5 Å². The van der Waals surface area contributed by atoms with Gasteiger partial charge < -0.3 is 9.64 Å². The molecule has 0 atom stereocenters. The normalized spacial score (nSPS) is 22.0. The van der Waals surface area contributed by atoms with E-state index in [1.807, 2.05) is 30.3 Å². The molecule has 1 fully saturated rings. The molecule has 2 aromatic carbocycles. The van der Waals surface area contributed by atoms with Crippen LogP contribution in [0.1, 0.15) is 29.5 Å². The Kier molecular flexibility index (Phi) is 4.54. The molecule has 1 spiro atoms. The van der Waals surface area contributed by atoms with E-state index in [1.165, 1.54) is 22.9 Å². The maximum absolute atomic E-state index is 12.4. The second kappa shape index (κ2) is 7.07. The van der Waals surface area contributed by atoms with Crippen molar-refractivity contribution in [1.82, 2.24) is 4.90 Å². The first-order valence-electron chi connectivity index (χ1n) is 9.38. The Bertz CT molecular complexity index is 992. The average Bonchev–Trinajstić information content (AvgIpc) is 3.26. The van der Waals surface area contributed by atoms with E-state index in [0.29, 0.717) is 16.5 Å². The predicted octanol–water partition coefficient (Wildman–Crippen LogP) is 4.83. The lowest BCUT2D eigenvalue weighted by Gasteiger charge is -2.39. The first-order chi connectivity index (χ1) is 13.6. The van der Waals surface area contributed by atoms with Crippen LogP contribution in [0.25, 0.3) is 6.08 Å². The number of fused-ring (bicyclic) bond motifs is 2. The van der Waals surface area contributed by atoms with Crippen molar-refractivity contribution in [2.45, 2.75) is 25.0 Å². The van der Waals surface area contributed by atoms with Gasteiger partial charge in [-0.1, -0.05) is 48.0 Å². The fraction of sp³-hybridized carbons (Fsp3) is 0.273. The van der Waals surface area contributed by atoms with E-state index in [1.54, 1.807) is 0 Å². The SMILES string of the molecule is O=C1N=C(N2CCC3(CC2)OCc2ccccc23)S/C1=C\c1ccc(Cl)cc1. The number of aliphatic imine (C=N–C) groups is 1. The highest BCUT2D eigenvalue weighted by atomic mass is 35.5. The Morgan fingerprint density at radius 2 is 1.86 bits per heavy atom. The van der Waals surface area contributed by atoms with Gasteiger partial charge in [-0.15, -0.1) is 0 Å². The maximum Gasteiger partial charge on any atom is 0.286 e. The standard InChI is InChI=1S/C22H19ClN2O2S/c23-17-7-5-15(6-8-17)13-19-20(26)24-21(28-19)25-11-9-22(10-12-25)18-4-2-1-3-16(18)14-27-22/h1-8,13H,9-12,14H2/b19-13-. The predicted molar refractivity (Wildman–Crippen MR) is 113 cm³/mol. The first-order valence-corrected chi connectivity index (χ1v) is 10.6. The summed E-state index contributed by atoms with van der Waals surface area (Å²) < 4.78 is 6.23. The third-order valence-electron chi connectivity index (χ3n) is 5.63. The summed E-state index contributed by atoms with van der Waals surface area (Å²) in [5, 5.41) is 1.48. The van der Waals surface area contributed by atoms with E-state index in [4.69, 9.17) is 16.3 Å². The number of piperidine rings is 1. The Balaban J connectivity index is 1.28.